The average molecular weight is 1090 g/mol. The number of aromatic nitrogens is 2. The van der Waals surface area contributed by atoms with Crippen molar-refractivity contribution in [3.05, 3.63) is 87.5 Å². The lowest BCUT2D eigenvalue weighted by Gasteiger charge is -2.43. The first-order valence-electron chi connectivity index (χ1n) is 29.7. The number of unbranched alkanes of at least 4 members (excludes halogenated alkanes) is 4. The van der Waals surface area contributed by atoms with Crippen LogP contribution in [-0.2, 0) is 31.6 Å². The van der Waals surface area contributed by atoms with Crippen molar-refractivity contribution in [2.45, 2.75) is 160 Å². The van der Waals surface area contributed by atoms with E-state index in [0.29, 0.717) is 67.9 Å². The normalized spacial score (nSPS) is 26.0. The molecule has 4 saturated heterocycles. The van der Waals surface area contributed by atoms with Crippen LogP contribution in [0.2, 0.25) is 0 Å². The summed E-state index contributed by atoms with van der Waals surface area (Å²) in [4.78, 5) is 74.3. The molecule has 2 aromatic carbocycles. The fourth-order valence-electron chi connectivity index (χ4n) is 13.5. The van der Waals surface area contributed by atoms with E-state index in [9.17, 15) is 19.2 Å². The van der Waals surface area contributed by atoms with Crippen LogP contribution in [0.15, 0.2) is 48.3 Å². The van der Waals surface area contributed by atoms with Crippen LogP contribution in [0, 0.1) is 17.7 Å². The number of imide groups is 1. The van der Waals surface area contributed by atoms with Crippen LogP contribution in [0.1, 0.15) is 167 Å². The summed E-state index contributed by atoms with van der Waals surface area (Å²) in [5, 5.41) is 5.94. The maximum atomic E-state index is 16.3. The third-order valence-corrected chi connectivity index (χ3v) is 18.5. The van der Waals surface area contributed by atoms with Gasteiger partial charge in [-0.2, -0.15) is 0 Å². The Hall–Kier alpha value is -5.43. The molecule has 1 aromatic heterocycles. The van der Waals surface area contributed by atoms with Gasteiger partial charge in [0.1, 0.15) is 36.4 Å². The summed E-state index contributed by atoms with van der Waals surface area (Å²) in [5.41, 5.74) is 4.40. The minimum Gasteiger partial charge on any atom is -0.363 e. The number of rotatable bonds is 13. The van der Waals surface area contributed by atoms with E-state index in [0.717, 1.165) is 132 Å². The van der Waals surface area contributed by atoms with Gasteiger partial charge in [0.15, 0.2) is 6.23 Å². The molecule has 0 saturated carbocycles. The second-order valence-corrected chi connectivity index (χ2v) is 23.9. The Morgan fingerprint density at radius 3 is 2.29 bits per heavy atom. The maximum Gasteiger partial charge on any atom is 0.276 e. The molecule has 8 bridgehead atoms. The first kappa shape index (κ1) is 56.8. The van der Waals surface area contributed by atoms with Gasteiger partial charge in [-0.3, -0.25) is 24.5 Å². The molecule has 428 valence electrons. The van der Waals surface area contributed by atoms with E-state index in [1.54, 1.807) is 18.2 Å². The van der Waals surface area contributed by atoms with Gasteiger partial charge < -0.3 is 39.5 Å². The number of hydrogen-bond acceptors (Lipinski definition) is 12. The van der Waals surface area contributed by atoms with Gasteiger partial charge in [0.25, 0.3) is 11.8 Å². The average Bonchev–Trinajstić information content (AvgIpc) is 4.00. The minimum atomic E-state index is -2.95. The van der Waals surface area contributed by atoms with E-state index < -0.39 is 30.0 Å². The smallest absolute Gasteiger partial charge is 0.276 e. The molecule has 11 rings (SSSR count). The van der Waals surface area contributed by atoms with E-state index in [2.05, 4.69) is 50.2 Å². The zero-order chi connectivity index (χ0) is 55.4. The molecule has 79 heavy (non-hydrogen) atoms. The van der Waals surface area contributed by atoms with E-state index in [-0.39, 0.29) is 72.9 Å². The van der Waals surface area contributed by atoms with E-state index in [1.807, 2.05) is 31.0 Å². The molecular weight excluding hydrogens is 1010 g/mol. The number of halogens is 3. The second kappa shape index (κ2) is 25.2. The van der Waals surface area contributed by atoms with Crippen LogP contribution >= 0.6 is 0 Å². The molecule has 0 radical (unpaired) electrons. The molecule has 8 aliphatic heterocycles. The number of amides is 4. The number of fused-ring (bicyclic) bond motifs is 10. The maximum absolute atomic E-state index is 16.3. The second-order valence-electron chi connectivity index (χ2n) is 23.9. The number of alkyl halides is 2. The Labute approximate surface area is 465 Å². The number of anilines is 2. The van der Waals surface area contributed by atoms with Gasteiger partial charge in [-0.25, -0.2) is 23.1 Å². The summed E-state index contributed by atoms with van der Waals surface area (Å²) in [7, 11) is 1.87. The standard InChI is InChI=1S/C61H83F3N10O5/c1-40(2)72-30-19-43(20-31-72)50-35-51-56-65-39-66-57(51)74(38-55(76)69(4)23-9-10-25-71-28-21-46(22-29-71)61(63,64)47-14-12-13-44(33-47)41(3)67-56)60(50)79-32-11-7-5-6-8-24-70-26-17-42(18-27-70)48-34-45-37-73(59(78)49(45)36-52(48)62)53-15-16-54(75)68-58(53)77/h12-14,33-36,39-43,46,53,60H,5-11,15-32,37-38H2,1-4H3,(H,65,66,67)(H,68,75,77)/t41-,53?,60?/m1/s1. The van der Waals surface area contributed by atoms with Gasteiger partial charge in [-0.1, -0.05) is 43.5 Å². The number of likely N-dealkylation sites (N-methyl/N-ethyl adjacent to an activating group) is 1. The van der Waals surface area contributed by atoms with Gasteiger partial charge in [-0.15, -0.1) is 0 Å². The minimum absolute atomic E-state index is 0.0138. The van der Waals surface area contributed by atoms with Crippen molar-refractivity contribution in [3.63, 3.8) is 0 Å². The number of likely N-dealkylation sites (tertiary alicyclic amines) is 2. The zero-order valence-electron chi connectivity index (χ0n) is 47.0. The Balaban J connectivity index is 0.776. The fourth-order valence-corrected chi connectivity index (χ4v) is 13.5. The topological polar surface area (TPSA) is 147 Å². The Kier molecular flexibility index (Phi) is 18.1. The van der Waals surface area contributed by atoms with E-state index in [4.69, 9.17) is 14.7 Å². The quantitative estimate of drug-likeness (QED) is 0.124. The SMILES string of the molecule is CC(C)N1CCC(C2=Cc3c4ncnc3N(CC(=O)N(C)CCCCN3CCC(CC3)C(F)(F)c3cccc(c3)[C@@H](C)N4)C2OCCCCCCCN2CCC(c3cc4c(cc3F)C(=O)N(C3CCC(=O)NC3=O)C4)CC2)CC1. The molecule has 2 N–H and O–H groups in total. The highest BCUT2D eigenvalue weighted by Crippen LogP contribution is 2.44. The summed E-state index contributed by atoms with van der Waals surface area (Å²) in [6, 6.07) is 9.41. The summed E-state index contributed by atoms with van der Waals surface area (Å²) in [6.45, 7) is 14.6. The van der Waals surface area contributed by atoms with Crippen LogP contribution in [0.25, 0.3) is 6.08 Å². The molecule has 8 aliphatic rings. The van der Waals surface area contributed by atoms with Crippen molar-refractivity contribution in [1.29, 1.82) is 0 Å². The number of piperidine rings is 4. The van der Waals surface area contributed by atoms with Crippen molar-refractivity contribution in [1.82, 2.24) is 39.8 Å². The van der Waals surface area contributed by atoms with Crippen LogP contribution in [0.3, 0.4) is 0 Å². The molecule has 18 heteroatoms. The van der Waals surface area contributed by atoms with Crippen molar-refractivity contribution in [3.8, 4) is 0 Å². The number of carbonyl (C=O) groups is 4. The van der Waals surface area contributed by atoms with Crippen molar-refractivity contribution in [2.75, 3.05) is 89.3 Å². The number of carbonyl (C=O) groups excluding carboxylic acids is 4. The molecule has 4 amide bonds. The van der Waals surface area contributed by atoms with Crippen molar-refractivity contribution < 1.29 is 37.1 Å². The highest BCUT2D eigenvalue weighted by atomic mass is 19.3. The lowest BCUT2D eigenvalue weighted by atomic mass is 9.84. The van der Waals surface area contributed by atoms with Crippen LogP contribution in [-0.4, -0.2) is 156 Å². The van der Waals surface area contributed by atoms with Crippen LogP contribution < -0.4 is 15.5 Å². The molecule has 4 fully saturated rings. The third-order valence-electron chi connectivity index (χ3n) is 18.5. The van der Waals surface area contributed by atoms with E-state index in [1.165, 1.54) is 17.3 Å². The summed E-state index contributed by atoms with van der Waals surface area (Å²) in [5.74, 6) is -3.76. The molecule has 0 aliphatic carbocycles. The number of nitrogens with one attached hydrogen (secondary N) is 2. The molecule has 3 aromatic rings. The number of ether oxygens (including phenoxy) is 1. The van der Waals surface area contributed by atoms with Crippen LogP contribution in [0.4, 0.5) is 24.8 Å². The molecule has 2 unspecified atom stereocenters. The van der Waals surface area contributed by atoms with Crippen LogP contribution in [0.5, 0.6) is 0 Å². The highest BCUT2D eigenvalue weighted by Gasteiger charge is 2.44. The van der Waals surface area contributed by atoms with Crippen molar-refractivity contribution in [2.24, 2.45) is 11.8 Å². The molecule has 9 heterocycles. The van der Waals surface area contributed by atoms with E-state index >= 15 is 13.2 Å². The van der Waals surface area contributed by atoms with Gasteiger partial charge in [-0.05, 0) is 196 Å². The molecule has 15 nitrogen and oxygen atoms in total. The summed E-state index contributed by atoms with van der Waals surface area (Å²) < 4.78 is 55.3. The molecular formula is C61H83F3N10O5. The third kappa shape index (κ3) is 12.9. The van der Waals surface area contributed by atoms with Crippen molar-refractivity contribution >= 4 is 41.3 Å². The Bertz CT molecular complexity index is 2700. The molecule has 0 spiro atoms. The Morgan fingerprint density at radius 1 is 0.797 bits per heavy atom. The fraction of sp³-hybridized carbons (Fsp3) is 0.639. The first-order valence-corrected chi connectivity index (χ1v) is 29.7. The summed E-state index contributed by atoms with van der Waals surface area (Å²) >= 11 is 0. The number of nitrogens with zero attached hydrogens (tertiary/aromatic N) is 8. The van der Waals surface area contributed by atoms with Gasteiger partial charge in [0.2, 0.25) is 17.7 Å². The predicted molar refractivity (Wildman–Crippen MR) is 299 cm³/mol. The molecule has 3 atom stereocenters. The number of hydrogen-bond donors (Lipinski definition) is 2. The first-order chi connectivity index (χ1) is 38.1. The Morgan fingerprint density at radius 2 is 1.53 bits per heavy atom. The largest absolute Gasteiger partial charge is 0.363 e. The lowest BCUT2D eigenvalue weighted by Crippen LogP contribution is -2.52. The predicted octanol–water partition coefficient (Wildman–Crippen LogP) is 9.10. The monoisotopic (exact) mass is 1090 g/mol. The van der Waals surface area contributed by atoms with Gasteiger partial charge >= 0.3 is 0 Å². The zero-order valence-corrected chi connectivity index (χ0v) is 47.0. The lowest BCUT2D eigenvalue weighted by molar-refractivity contribution is -0.137. The summed E-state index contributed by atoms with van der Waals surface area (Å²) in [6.07, 6.45) is 14.9. The van der Waals surface area contributed by atoms with Gasteiger partial charge in [0.05, 0.1) is 5.56 Å². The highest BCUT2D eigenvalue weighted by molar-refractivity contribution is 6.05. The number of benzene rings is 2. The van der Waals surface area contributed by atoms with Gasteiger partial charge in [0, 0.05) is 62.3 Å².